The number of rotatable bonds is 2. The molecule has 3 saturated heterocycles. The van der Waals surface area contributed by atoms with Crippen LogP contribution >= 0.6 is 49.9 Å². The SMILES string of the molecule is CN1Nc2c(N)ncnc2N1[C@]1(F)CO[C@@H]2COP(=O)(S)O[C@@]3(n4nnc5c(=O)[nH]c(N)nc54)CS[C@H](COP(=O)(S)O[C@H]21)[C@H]3F. The number of nitrogens with two attached hydrogens (primary N) is 2. The van der Waals surface area contributed by atoms with Crippen molar-refractivity contribution in [2.24, 2.45) is 0 Å². The predicted octanol–water partition coefficient (Wildman–Crippen LogP) is 0.858. The Labute approximate surface area is 270 Å². The molecule has 0 radical (unpaired) electrons. The molecule has 2 unspecified atom stereocenters. The number of hydrogen-bond donors (Lipinski definition) is 6. The van der Waals surface area contributed by atoms with Gasteiger partial charge in [0.05, 0.1) is 18.5 Å². The summed E-state index contributed by atoms with van der Waals surface area (Å²) in [5.41, 5.74) is 11.0. The maximum atomic E-state index is 17.2. The number of nitrogen functional groups attached to an aromatic ring is 2. The molecule has 3 aromatic rings. The van der Waals surface area contributed by atoms with Crippen LogP contribution in [0.1, 0.15) is 0 Å². The van der Waals surface area contributed by atoms with Crippen LogP contribution in [0.2, 0.25) is 0 Å². The van der Waals surface area contributed by atoms with Crippen molar-refractivity contribution in [3.05, 3.63) is 16.7 Å². The Morgan fingerprint density at radius 3 is 2.74 bits per heavy atom. The number of thiol groups is 2. The van der Waals surface area contributed by atoms with Gasteiger partial charge in [-0.05, 0) is 0 Å². The highest BCUT2D eigenvalue weighted by atomic mass is 32.7. The van der Waals surface area contributed by atoms with Crippen molar-refractivity contribution in [2.45, 2.75) is 35.1 Å². The number of nitrogens with zero attached hydrogens (tertiary/aromatic N) is 8. The van der Waals surface area contributed by atoms with Crippen LogP contribution in [0.5, 0.6) is 0 Å². The second-order valence-corrected chi connectivity index (χ2v) is 17.4. The molecule has 46 heavy (non-hydrogen) atoms. The standard InChI is InChI=1S/C19H24F2N12O8P2S3/c1-31-29-9-13(22)24-6-25-14(9)33(31)18(21)4-37-7-2-38-43(36,45)41-19(32-15-10(28-30-32)16(34)27-17(23)26-15)5-46-8(11(19)20)3-39-42(35,44)40-12(7)18/h6-8,11-12,29H,2-5H2,1H3,(H,35,44)(H,36,45)(H2,22,24,25)(H3,23,26,27,34)/t7-,8-,11-,12-,18-,19+,42?,43?/m1/s1. The Morgan fingerprint density at radius 1 is 1.20 bits per heavy atom. The van der Waals surface area contributed by atoms with E-state index in [1.54, 1.807) is 0 Å². The third-order valence-corrected chi connectivity index (χ3v) is 12.1. The van der Waals surface area contributed by atoms with Gasteiger partial charge in [-0.2, -0.15) is 9.67 Å². The number of nitrogens with one attached hydrogen (secondary N) is 2. The molecule has 0 aliphatic carbocycles. The summed E-state index contributed by atoms with van der Waals surface area (Å²) in [6.45, 7) is -11.2. The van der Waals surface area contributed by atoms with Gasteiger partial charge in [0.1, 0.15) is 24.7 Å². The number of thioether (sulfide) groups is 1. The topological polar surface area (TPSA) is 253 Å². The van der Waals surface area contributed by atoms with Gasteiger partial charge in [0.2, 0.25) is 11.7 Å². The van der Waals surface area contributed by atoms with E-state index >= 15 is 8.78 Å². The lowest BCUT2D eigenvalue weighted by Crippen LogP contribution is -2.60. The van der Waals surface area contributed by atoms with Crippen molar-refractivity contribution < 1.29 is 40.7 Å². The van der Waals surface area contributed by atoms with Crippen LogP contribution in [0, 0.1) is 0 Å². The molecule has 7 rings (SSSR count). The molecule has 4 aliphatic rings. The zero-order valence-corrected chi connectivity index (χ0v) is 27.6. The second kappa shape index (κ2) is 11.1. The molecule has 27 heteroatoms. The summed E-state index contributed by atoms with van der Waals surface area (Å²) in [7, 11) is 1.44. The predicted molar refractivity (Wildman–Crippen MR) is 164 cm³/mol. The van der Waals surface area contributed by atoms with Crippen LogP contribution in [0.4, 0.5) is 32.1 Å². The average molecular weight is 745 g/mol. The van der Waals surface area contributed by atoms with E-state index in [2.05, 4.69) is 60.2 Å². The zero-order valence-electron chi connectivity index (χ0n) is 23.2. The summed E-state index contributed by atoms with van der Waals surface area (Å²) in [6.07, 6.45) is -4.28. The smallest absolute Gasteiger partial charge is 0.382 e. The number of H-pyrrole nitrogens is 1. The van der Waals surface area contributed by atoms with Crippen molar-refractivity contribution in [1.29, 1.82) is 0 Å². The zero-order chi connectivity index (χ0) is 32.8. The minimum Gasteiger partial charge on any atom is -0.382 e. The van der Waals surface area contributed by atoms with Crippen LogP contribution in [-0.4, -0.2) is 102 Å². The molecule has 6 N–H and O–H groups in total. The summed E-state index contributed by atoms with van der Waals surface area (Å²) in [5, 5.41) is 8.64. The molecule has 250 valence electrons. The Hall–Kier alpha value is -2.31. The molecule has 4 aliphatic heterocycles. The minimum absolute atomic E-state index is 0.00337. The summed E-state index contributed by atoms with van der Waals surface area (Å²) < 4.78 is 90.0. The maximum Gasteiger partial charge on any atom is 0.388 e. The average Bonchev–Trinajstić information content (AvgIpc) is 3.71. The monoisotopic (exact) mass is 744 g/mol. The van der Waals surface area contributed by atoms with Crippen molar-refractivity contribution in [3.8, 4) is 0 Å². The highest BCUT2D eigenvalue weighted by Gasteiger charge is 2.63. The number of alkyl halides is 2. The molecular formula is C19H24F2N12O8P2S3. The third kappa shape index (κ3) is 5.16. The molecule has 0 spiro atoms. The fourth-order valence-corrected chi connectivity index (χ4v) is 10.2. The molecule has 0 saturated carbocycles. The number of hydrogen-bond acceptors (Lipinski definition) is 19. The second-order valence-electron chi connectivity index (χ2n) is 10.4. The molecule has 20 nitrogen and oxygen atoms in total. The van der Waals surface area contributed by atoms with Gasteiger partial charge >= 0.3 is 13.6 Å². The fraction of sp³-hybridized carbons (Fsp3) is 0.579. The summed E-state index contributed by atoms with van der Waals surface area (Å²) in [5.74, 6) is -3.32. The molecular weight excluding hydrogens is 720 g/mol. The Bertz CT molecular complexity index is 1880. The van der Waals surface area contributed by atoms with E-state index in [9.17, 15) is 13.9 Å². The highest BCUT2D eigenvalue weighted by Crippen LogP contribution is 2.63. The summed E-state index contributed by atoms with van der Waals surface area (Å²) in [6, 6.07) is 0. The molecule has 0 amide bonds. The van der Waals surface area contributed by atoms with Gasteiger partial charge in [0.25, 0.3) is 11.4 Å². The van der Waals surface area contributed by atoms with E-state index < -0.39 is 74.1 Å². The van der Waals surface area contributed by atoms with Crippen LogP contribution in [0.15, 0.2) is 11.1 Å². The van der Waals surface area contributed by atoms with E-state index in [1.165, 1.54) is 12.2 Å². The number of ether oxygens (including phenoxy) is 1. The van der Waals surface area contributed by atoms with Gasteiger partial charge in [0.15, 0.2) is 35.1 Å². The quantitative estimate of drug-likeness (QED) is 0.121. The van der Waals surface area contributed by atoms with E-state index in [0.717, 1.165) is 27.8 Å². The number of aromatic amines is 1. The van der Waals surface area contributed by atoms with Gasteiger partial charge in [-0.1, -0.05) is 29.7 Å². The largest absolute Gasteiger partial charge is 0.388 e. The van der Waals surface area contributed by atoms with Crippen LogP contribution < -0.4 is 27.5 Å². The first kappa shape index (κ1) is 32.2. The first-order chi connectivity index (χ1) is 21.6. The van der Waals surface area contributed by atoms with Gasteiger partial charge in [-0.3, -0.25) is 33.3 Å². The van der Waals surface area contributed by atoms with E-state index in [-0.39, 0.29) is 40.2 Å². The normalized spacial score (nSPS) is 38.5. The molecule has 2 bridgehead atoms. The number of hydrazine groups is 2. The van der Waals surface area contributed by atoms with Gasteiger partial charge in [-0.15, -0.1) is 22.0 Å². The lowest BCUT2D eigenvalue weighted by atomic mass is 10.1. The van der Waals surface area contributed by atoms with Crippen LogP contribution in [0.3, 0.4) is 0 Å². The van der Waals surface area contributed by atoms with Gasteiger partial charge < -0.3 is 16.2 Å². The van der Waals surface area contributed by atoms with Crippen molar-refractivity contribution in [1.82, 2.24) is 40.0 Å². The van der Waals surface area contributed by atoms with E-state index in [1.807, 2.05) is 0 Å². The van der Waals surface area contributed by atoms with Crippen molar-refractivity contribution in [3.63, 3.8) is 0 Å². The molecule has 8 atom stereocenters. The first-order valence-electron chi connectivity index (χ1n) is 13.1. The van der Waals surface area contributed by atoms with Crippen molar-refractivity contribution in [2.75, 3.05) is 54.5 Å². The number of aromatic nitrogens is 7. The highest BCUT2D eigenvalue weighted by molar-refractivity contribution is 8.44. The lowest BCUT2D eigenvalue weighted by molar-refractivity contribution is -0.0692. The maximum absolute atomic E-state index is 17.2. The molecule has 3 aromatic heterocycles. The van der Waals surface area contributed by atoms with Crippen LogP contribution in [-0.2, 0) is 37.7 Å². The van der Waals surface area contributed by atoms with E-state index in [0.29, 0.717) is 0 Å². The Morgan fingerprint density at radius 2 is 1.96 bits per heavy atom. The van der Waals surface area contributed by atoms with Gasteiger partial charge in [-0.25, -0.2) is 32.9 Å². The lowest BCUT2D eigenvalue weighted by Gasteiger charge is -2.39. The summed E-state index contributed by atoms with van der Waals surface area (Å²) in [4.78, 5) is 26.7. The molecule has 0 aromatic carbocycles. The third-order valence-electron chi connectivity index (χ3n) is 7.53. The molecule has 7 heterocycles. The Balaban J connectivity index is 1.26. The van der Waals surface area contributed by atoms with Gasteiger partial charge in [0, 0.05) is 12.8 Å². The summed E-state index contributed by atoms with van der Waals surface area (Å²) >= 11 is 9.02. The van der Waals surface area contributed by atoms with Crippen molar-refractivity contribution >= 4 is 84.3 Å². The fourth-order valence-electron chi connectivity index (χ4n) is 5.52. The Kier molecular flexibility index (Phi) is 7.79. The number of fused-ring (bicyclic) bond motifs is 5. The van der Waals surface area contributed by atoms with Crippen LogP contribution in [0.25, 0.3) is 11.2 Å². The first-order valence-corrected chi connectivity index (χ1v) is 19.5. The molecule has 3 fully saturated rings. The number of anilines is 4. The number of halogens is 2. The van der Waals surface area contributed by atoms with E-state index in [4.69, 9.17) is 34.3 Å². The minimum atomic E-state index is -4.62.